The van der Waals surface area contributed by atoms with E-state index < -0.39 is 12.7 Å². The molecule has 0 aromatic carbocycles. The molecule has 0 fully saturated rings. The predicted octanol–water partition coefficient (Wildman–Crippen LogP) is 3.55. The summed E-state index contributed by atoms with van der Waals surface area (Å²) in [6.07, 6.45) is -4.27. The molecule has 20 heavy (non-hydrogen) atoms. The van der Waals surface area contributed by atoms with E-state index in [1.54, 1.807) is 6.92 Å². The Bertz CT molecular complexity index is 591. The molecule has 0 bridgehead atoms. The Morgan fingerprint density at radius 2 is 2.10 bits per heavy atom. The summed E-state index contributed by atoms with van der Waals surface area (Å²) in [4.78, 5) is 5.51. The average Bonchev–Trinajstić information content (AvgIpc) is 2.91. The highest BCUT2D eigenvalue weighted by atomic mass is 32.1. The Balaban J connectivity index is 2.42. The van der Waals surface area contributed by atoms with Crippen molar-refractivity contribution >= 4 is 33.7 Å². The Hall–Kier alpha value is -1.35. The number of nitrogens with two attached hydrogens (primary N) is 1. The molecule has 2 aromatic heterocycles. The maximum Gasteiger partial charge on any atom is 0.405 e. The van der Waals surface area contributed by atoms with Crippen LogP contribution in [0.1, 0.15) is 12.6 Å². The lowest BCUT2D eigenvalue weighted by atomic mass is 10.3. The van der Waals surface area contributed by atoms with Crippen LogP contribution in [0.4, 0.5) is 24.0 Å². The second-order valence-corrected chi connectivity index (χ2v) is 5.78. The first-order valence-electron chi connectivity index (χ1n) is 5.81. The smallest absolute Gasteiger partial charge is 0.382 e. The first-order chi connectivity index (χ1) is 9.31. The molecular formula is C11H13F3N4S2. The maximum absolute atomic E-state index is 12.6. The van der Waals surface area contributed by atoms with Crippen LogP contribution in [0.2, 0.25) is 0 Å². The molecule has 0 unspecified atom stereocenters. The summed E-state index contributed by atoms with van der Waals surface area (Å²) < 4.78 is 41.8. The lowest BCUT2D eigenvalue weighted by molar-refractivity contribution is -0.119. The lowest BCUT2D eigenvalue weighted by Crippen LogP contribution is -2.33. The Kier molecular flexibility index (Phi) is 4.19. The second kappa shape index (κ2) is 5.57. The quantitative estimate of drug-likeness (QED) is 0.935. The van der Waals surface area contributed by atoms with Crippen molar-refractivity contribution in [3.63, 3.8) is 0 Å². The summed E-state index contributed by atoms with van der Waals surface area (Å²) in [5.41, 5.74) is 7.10. The van der Waals surface area contributed by atoms with E-state index in [2.05, 4.69) is 9.36 Å². The van der Waals surface area contributed by atoms with Crippen LogP contribution in [0.25, 0.3) is 10.6 Å². The fraction of sp³-hybridized carbons (Fsp3) is 0.455. The molecule has 0 aliphatic rings. The van der Waals surface area contributed by atoms with Gasteiger partial charge >= 0.3 is 6.18 Å². The van der Waals surface area contributed by atoms with Crippen molar-refractivity contribution in [3.8, 4) is 10.6 Å². The molecule has 0 atom stereocenters. The van der Waals surface area contributed by atoms with E-state index in [9.17, 15) is 13.2 Å². The molecule has 0 amide bonds. The number of nitrogens with zero attached hydrogens (tertiary/aromatic N) is 3. The van der Waals surface area contributed by atoms with Crippen molar-refractivity contribution in [2.45, 2.75) is 20.0 Å². The van der Waals surface area contributed by atoms with Crippen LogP contribution in [0, 0.1) is 6.92 Å². The van der Waals surface area contributed by atoms with E-state index in [1.807, 2.05) is 12.3 Å². The van der Waals surface area contributed by atoms with Gasteiger partial charge in [0.15, 0.2) is 0 Å². The van der Waals surface area contributed by atoms with Gasteiger partial charge in [-0.15, -0.1) is 11.3 Å². The predicted molar refractivity (Wildman–Crippen MR) is 76.3 cm³/mol. The summed E-state index contributed by atoms with van der Waals surface area (Å²) in [5, 5.41) is 2.84. The molecule has 9 heteroatoms. The highest BCUT2D eigenvalue weighted by Crippen LogP contribution is 2.41. The topological polar surface area (TPSA) is 55.0 Å². The molecule has 0 saturated heterocycles. The molecule has 4 nitrogen and oxygen atoms in total. The number of alkyl halides is 3. The molecule has 110 valence electrons. The number of aryl methyl sites for hydroxylation is 1. The zero-order valence-electron chi connectivity index (χ0n) is 10.9. The molecule has 2 N–H and O–H groups in total. The number of rotatable bonds is 4. The number of aromatic nitrogens is 2. The van der Waals surface area contributed by atoms with Gasteiger partial charge in [-0.25, -0.2) is 4.98 Å². The van der Waals surface area contributed by atoms with Crippen molar-refractivity contribution in [2.75, 3.05) is 23.7 Å². The van der Waals surface area contributed by atoms with Gasteiger partial charge in [0.05, 0.1) is 5.56 Å². The van der Waals surface area contributed by atoms with Gasteiger partial charge in [0.25, 0.3) is 0 Å². The highest BCUT2D eigenvalue weighted by Gasteiger charge is 2.32. The largest absolute Gasteiger partial charge is 0.405 e. The second-order valence-electron chi connectivity index (χ2n) is 4.17. The van der Waals surface area contributed by atoms with E-state index in [1.165, 1.54) is 16.2 Å². The van der Waals surface area contributed by atoms with Gasteiger partial charge < -0.3 is 10.6 Å². The van der Waals surface area contributed by atoms with Crippen LogP contribution >= 0.6 is 22.9 Å². The van der Waals surface area contributed by atoms with Crippen LogP contribution in [-0.2, 0) is 0 Å². The standard InChI is InChI=1S/C11H13F3N4S2/c1-3-18(5-11(12,13)14)10-7(8(15)17-20-10)9-16-6(2)4-19-9/h4H,3,5H2,1-2H3,(H2,15,17). The molecule has 2 heterocycles. The van der Waals surface area contributed by atoms with Crippen molar-refractivity contribution in [1.82, 2.24) is 9.36 Å². The SMILES string of the molecule is CCN(CC(F)(F)F)c1snc(N)c1-c1nc(C)cs1. The van der Waals surface area contributed by atoms with E-state index in [4.69, 9.17) is 5.73 Å². The number of halogens is 3. The third-order valence-electron chi connectivity index (χ3n) is 2.57. The zero-order valence-corrected chi connectivity index (χ0v) is 12.5. The van der Waals surface area contributed by atoms with Gasteiger partial charge in [-0.05, 0) is 25.4 Å². The minimum atomic E-state index is -4.27. The molecule has 0 aliphatic carbocycles. The average molecular weight is 322 g/mol. The van der Waals surface area contributed by atoms with Gasteiger partial charge in [0, 0.05) is 17.6 Å². The Morgan fingerprint density at radius 3 is 2.60 bits per heavy atom. The molecule has 0 spiro atoms. The van der Waals surface area contributed by atoms with Crippen LogP contribution < -0.4 is 10.6 Å². The number of hydrogen-bond donors (Lipinski definition) is 1. The summed E-state index contributed by atoms with van der Waals surface area (Å²) in [5.74, 6) is 0.222. The summed E-state index contributed by atoms with van der Waals surface area (Å²) >= 11 is 2.32. The minimum absolute atomic E-state index is 0.221. The molecule has 2 aromatic rings. The summed E-state index contributed by atoms with van der Waals surface area (Å²) in [7, 11) is 0. The first kappa shape index (κ1) is 15.0. The monoisotopic (exact) mass is 322 g/mol. The fourth-order valence-corrected chi connectivity index (χ4v) is 3.52. The van der Waals surface area contributed by atoms with Crippen molar-refractivity contribution in [3.05, 3.63) is 11.1 Å². The van der Waals surface area contributed by atoms with E-state index in [0.717, 1.165) is 17.2 Å². The van der Waals surface area contributed by atoms with Gasteiger partial charge in [-0.2, -0.15) is 17.5 Å². The van der Waals surface area contributed by atoms with Crippen LogP contribution in [0.3, 0.4) is 0 Å². The fourth-order valence-electron chi connectivity index (χ4n) is 1.72. The van der Waals surface area contributed by atoms with E-state index in [-0.39, 0.29) is 12.4 Å². The Morgan fingerprint density at radius 1 is 1.40 bits per heavy atom. The third-order valence-corrected chi connectivity index (χ3v) is 4.47. The van der Waals surface area contributed by atoms with Crippen molar-refractivity contribution in [2.24, 2.45) is 0 Å². The van der Waals surface area contributed by atoms with Gasteiger partial charge in [-0.3, -0.25) is 0 Å². The van der Waals surface area contributed by atoms with Crippen LogP contribution in [0.5, 0.6) is 0 Å². The number of hydrogen-bond acceptors (Lipinski definition) is 6. The molecule has 0 aliphatic heterocycles. The van der Waals surface area contributed by atoms with Crippen LogP contribution in [-0.4, -0.2) is 28.6 Å². The van der Waals surface area contributed by atoms with Gasteiger partial charge in [-0.1, -0.05) is 0 Å². The van der Waals surface area contributed by atoms with E-state index >= 15 is 0 Å². The van der Waals surface area contributed by atoms with Gasteiger partial charge in [0.1, 0.15) is 22.4 Å². The zero-order chi connectivity index (χ0) is 14.9. The van der Waals surface area contributed by atoms with Crippen LogP contribution in [0.15, 0.2) is 5.38 Å². The minimum Gasteiger partial charge on any atom is -0.382 e. The number of nitrogen functional groups attached to an aromatic ring is 1. The van der Waals surface area contributed by atoms with Crippen molar-refractivity contribution < 1.29 is 13.2 Å². The molecule has 2 rings (SSSR count). The van der Waals surface area contributed by atoms with Crippen molar-refractivity contribution in [1.29, 1.82) is 0 Å². The third kappa shape index (κ3) is 3.21. The molecular weight excluding hydrogens is 309 g/mol. The highest BCUT2D eigenvalue weighted by molar-refractivity contribution is 7.15. The summed E-state index contributed by atoms with van der Waals surface area (Å²) in [6, 6.07) is 0. The summed E-state index contributed by atoms with van der Waals surface area (Å²) in [6.45, 7) is 2.68. The lowest BCUT2D eigenvalue weighted by Gasteiger charge is -2.23. The maximum atomic E-state index is 12.6. The number of thiazole rings is 1. The first-order valence-corrected chi connectivity index (χ1v) is 7.46. The Labute approximate surface area is 122 Å². The number of anilines is 2. The van der Waals surface area contributed by atoms with Gasteiger partial charge in [0.2, 0.25) is 0 Å². The normalized spacial score (nSPS) is 11.8. The molecule has 0 saturated carbocycles. The van der Waals surface area contributed by atoms with E-state index in [0.29, 0.717) is 15.6 Å². The molecule has 0 radical (unpaired) electrons.